The number of unbranched alkanes of at least 4 members (excludes halogenated alkanes) is 35. The van der Waals surface area contributed by atoms with Crippen LogP contribution in [0.25, 0.3) is 0 Å². The minimum atomic E-state index is -4.53. The smallest absolute Gasteiger partial charge is 0.462 e. The van der Waals surface area contributed by atoms with Crippen molar-refractivity contribution in [3.05, 3.63) is 12.2 Å². The van der Waals surface area contributed by atoms with Crippen LogP contribution >= 0.6 is 7.82 Å². The molecule has 0 aliphatic carbocycles. The molecule has 0 heterocycles. The van der Waals surface area contributed by atoms with Gasteiger partial charge in [0.25, 0.3) is 0 Å². The van der Waals surface area contributed by atoms with Gasteiger partial charge in [0.15, 0.2) is 6.10 Å². The molecule has 390 valence electrons. The summed E-state index contributed by atoms with van der Waals surface area (Å²) in [5, 5.41) is 2.74. The Morgan fingerprint density at radius 1 is 0.455 bits per heavy atom. The van der Waals surface area contributed by atoms with E-state index in [0.717, 1.165) is 70.6 Å². The number of amides is 1. The first-order valence-corrected chi connectivity index (χ1v) is 29.6. The van der Waals surface area contributed by atoms with E-state index in [4.69, 9.17) is 18.5 Å². The molecule has 0 spiro atoms. The first-order chi connectivity index (χ1) is 32.2. The van der Waals surface area contributed by atoms with Crippen LogP contribution in [0.15, 0.2) is 12.2 Å². The number of nitrogens with one attached hydrogen (secondary N) is 1. The predicted molar refractivity (Wildman–Crippen MR) is 276 cm³/mol. The molecular formula is C55H106NO9P. The van der Waals surface area contributed by atoms with Crippen LogP contribution in [-0.2, 0) is 37.5 Å². The maximum Gasteiger partial charge on any atom is 0.472 e. The first kappa shape index (κ1) is 64.3. The fraction of sp³-hybridized carbons (Fsp3) is 0.909. The number of hydrogen-bond donors (Lipinski definition) is 2. The number of ether oxygens (including phenoxy) is 2. The molecule has 2 N–H and O–H groups in total. The maximum atomic E-state index is 12.8. The van der Waals surface area contributed by atoms with Crippen LogP contribution in [0.3, 0.4) is 0 Å². The molecule has 2 atom stereocenters. The highest BCUT2D eigenvalue weighted by molar-refractivity contribution is 7.47. The second-order valence-corrected chi connectivity index (χ2v) is 20.5. The van der Waals surface area contributed by atoms with Gasteiger partial charge in [-0.15, -0.1) is 0 Å². The lowest BCUT2D eigenvalue weighted by Crippen LogP contribution is -2.30. The van der Waals surface area contributed by atoms with Gasteiger partial charge in [0.05, 0.1) is 13.2 Å². The van der Waals surface area contributed by atoms with E-state index in [1.807, 2.05) is 0 Å². The monoisotopic (exact) mass is 956 g/mol. The number of esters is 2. The number of carbonyl (C=O) groups excluding carboxylic acids is 3. The van der Waals surface area contributed by atoms with E-state index in [9.17, 15) is 23.8 Å². The van der Waals surface area contributed by atoms with Crippen molar-refractivity contribution in [2.45, 2.75) is 297 Å². The summed E-state index contributed by atoms with van der Waals surface area (Å²) < 4.78 is 34.1. The summed E-state index contributed by atoms with van der Waals surface area (Å²) in [6, 6.07) is 0. The van der Waals surface area contributed by atoms with Gasteiger partial charge in [-0.1, -0.05) is 238 Å². The Morgan fingerprint density at radius 3 is 1.21 bits per heavy atom. The fourth-order valence-corrected chi connectivity index (χ4v) is 8.96. The minimum Gasteiger partial charge on any atom is -0.462 e. The van der Waals surface area contributed by atoms with Gasteiger partial charge in [-0.25, -0.2) is 4.57 Å². The van der Waals surface area contributed by atoms with Crippen molar-refractivity contribution in [2.75, 3.05) is 26.4 Å². The van der Waals surface area contributed by atoms with Crippen LogP contribution in [0, 0.1) is 0 Å². The highest BCUT2D eigenvalue weighted by atomic mass is 31.2. The lowest BCUT2D eigenvalue weighted by molar-refractivity contribution is -0.161. The summed E-state index contributed by atoms with van der Waals surface area (Å²) in [6.45, 7) is 5.86. The van der Waals surface area contributed by atoms with Gasteiger partial charge in [-0.2, -0.15) is 0 Å². The summed E-state index contributed by atoms with van der Waals surface area (Å²) in [5.41, 5.74) is 0. The van der Waals surface area contributed by atoms with Gasteiger partial charge in [0, 0.05) is 25.8 Å². The molecule has 11 heteroatoms. The molecule has 0 bridgehead atoms. The van der Waals surface area contributed by atoms with Gasteiger partial charge < -0.3 is 19.7 Å². The van der Waals surface area contributed by atoms with Crippen molar-refractivity contribution in [3.63, 3.8) is 0 Å². The maximum absolute atomic E-state index is 12.8. The molecule has 0 radical (unpaired) electrons. The molecule has 0 saturated heterocycles. The fourth-order valence-electron chi connectivity index (χ4n) is 8.20. The number of phosphoric ester groups is 1. The van der Waals surface area contributed by atoms with Crippen molar-refractivity contribution in [3.8, 4) is 0 Å². The number of allylic oxidation sites excluding steroid dienone is 2. The standard InChI is InChI=1S/C55H106NO9P/c1-4-7-10-13-16-19-22-25-26-29-30-33-36-39-42-45-53(57)56-48-49-63-66(60,61)64-51-52(65-55(59)47-44-41-38-35-32-28-24-21-18-15-12-9-6-3)50-62-54(58)46-43-40-37-34-31-27-23-20-17-14-11-8-5-2/h25-26,52H,4-24,27-51H2,1-3H3,(H,56,57)(H,60,61)/b26-25-/t52-/m1/s1. The zero-order valence-electron chi connectivity index (χ0n) is 43.4. The van der Waals surface area contributed by atoms with E-state index in [1.54, 1.807) is 0 Å². The zero-order chi connectivity index (χ0) is 48.3. The third kappa shape index (κ3) is 50.1. The Hall–Kier alpha value is -1.74. The topological polar surface area (TPSA) is 137 Å². The van der Waals surface area contributed by atoms with Gasteiger partial charge in [-0.05, 0) is 44.9 Å². The first-order valence-electron chi connectivity index (χ1n) is 28.1. The van der Waals surface area contributed by atoms with Gasteiger partial charge in [0.1, 0.15) is 6.61 Å². The van der Waals surface area contributed by atoms with Gasteiger partial charge in [-0.3, -0.25) is 23.4 Å². The highest BCUT2D eigenvalue weighted by Gasteiger charge is 2.26. The van der Waals surface area contributed by atoms with Crippen molar-refractivity contribution in [2.24, 2.45) is 0 Å². The molecule has 0 saturated carbocycles. The van der Waals surface area contributed by atoms with Crippen molar-refractivity contribution < 1.29 is 42.4 Å². The number of hydrogen-bond acceptors (Lipinski definition) is 8. The van der Waals surface area contributed by atoms with Crippen molar-refractivity contribution in [1.29, 1.82) is 0 Å². The second kappa shape index (κ2) is 51.1. The van der Waals surface area contributed by atoms with Crippen LogP contribution < -0.4 is 5.32 Å². The lowest BCUT2D eigenvalue weighted by Gasteiger charge is -2.20. The van der Waals surface area contributed by atoms with Crippen molar-refractivity contribution >= 4 is 25.7 Å². The molecule has 0 aliphatic heterocycles. The van der Waals surface area contributed by atoms with Crippen LogP contribution in [0.5, 0.6) is 0 Å². The third-order valence-corrected chi connectivity index (χ3v) is 13.4. The Balaban J connectivity index is 4.47. The van der Waals surface area contributed by atoms with E-state index >= 15 is 0 Å². The lowest BCUT2D eigenvalue weighted by atomic mass is 10.0. The molecule has 0 fully saturated rings. The number of phosphoric acid groups is 1. The normalized spacial score (nSPS) is 13.0. The van der Waals surface area contributed by atoms with E-state index < -0.39 is 32.5 Å². The molecule has 0 rings (SSSR count). The second-order valence-electron chi connectivity index (χ2n) is 19.1. The van der Waals surface area contributed by atoms with Crippen molar-refractivity contribution in [1.82, 2.24) is 5.32 Å². The highest BCUT2D eigenvalue weighted by Crippen LogP contribution is 2.43. The molecule has 0 aromatic rings. The molecule has 0 aliphatic rings. The van der Waals surface area contributed by atoms with Crippen LogP contribution in [0.1, 0.15) is 290 Å². The Labute approximate surface area is 407 Å². The van der Waals surface area contributed by atoms with E-state index in [2.05, 4.69) is 38.2 Å². The van der Waals surface area contributed by atoms with E-state index in [0.29, 0.717) is 12.8 Å². The largest absolute Gasteiger partial charge is 0.472 e. The van der Waals surface area contributed by atoms with Crippen LogP contribution in [0.4, 0.5) is 0 Å². The average Bonchev–Trinajstić information content (AvgIpc) is 3.30. The van der Waals surface area contributed by atoms with Gasteiger partial charge >= 0.3 is 19.8 Å². The molecular weight excluding hydrogens is 850 g/mol. The van der Waals surface area contributed by atoms with Crippen LogP contribution in [-0.4, -0.2) is 55.2 Å². The average molecular weight is 956 g/mol. The molecule has 10 nitrogen and oxygen atoms in total. The molecule has 0 aromatic heterocycles. The number of rotatable bonds is 53. The summed E-state index contributed by atoms with van der Waals surface area (Å²) in [6.07, 6.45) is 51.4. The SMILES string of the molecule is CCCCCCCC/C=C\CCCCCCCC(=O)NCCOP(=O)(O)OC[C@@H](COC(=O)CCCCCCCCCCCCCCC)OC(=O)CCCCCCCCCCCCCCC. The summed E-state index contributed by atoms with van der Waals surface area (Å²) in [7, 11) is -4.53. The van der Waals surface area contributed by atoms with Crippen LogP contribution in [0.2, 0.25) is 0 Å². The Morgan fingerprint density at radius 2 is 0.803 bits per heavy atom. The van der Waals surface area contributed by atoms with E-state index in [-0.39, 0.29) is 38.5 Å². The summed E-state index contributed by atoms with van der Waals surface area (Å²) >= 11 is 0. The molecule has 1 unspecified atom stereocenters. The van der Waals surface area contributed by atoms with E-state index in [1.165, 1.54) is 173 Å². The summed E-state index contributed by atoms with van der Waals surface area (Å²) in [4.78, 5) is 48.1. The quantitative estimate of drug-likeness (QED) is 0.0264. The number of carbonyl (C=O) groups is 3. The summed E-state index contributed by atoms with van der Waals surface area (Å²) in [5.74, 6) is -0.973. The van der Waals surface area contributed by atoms with Gasteiger partial charge in [0.2, 0.25) is 5.91 Å². The Bertz CT molecular complexity index is 1150. The predicted octanol–water partition coefficient (Wildman–Crippen LogP) is 16.7. The minimum absolute atomic E-state index is 0.0617. The Kier molecular flexibility index (Phi) is 49.8. The third-order valence-electron chi connectivity index (χ3n) is 12.5. The zero-order valence-corrected chi connectivity index (χ0v) is 44.3. The molecule has 66 heavy (non-hydrogen) atoms. The molecule has 1 amide bonds. The molecule has 0 aromatic carbocycles.